The Morgan fingerprint density at radius 2 is 1.92 bits per heavy atom. The van der Waals surface area contributed by atoms with Crippen molar-refractivity contribution in [2.45, 2.75) is 20.8 Å². The summed E-state index contributed by atoms with van der Waals surface area (Å²) in [7, 11) is 0. The predicted octanol–water partition coefficient (Wildman–Crippen LogP) is 1.68. The van der Waals surface area contributed by atoms with Crippen molar-refractivity contribution in [1.29, 1.82) is 0 Å². The van der Waals surface area contributed by atoms with E-state index in [2.05, 4.69) is 25.0 Å². The van der Waals surface area contributed by atoms with Gasteiger partial charge in [-0.05, 0) is 38.0 Å². The van der Waals surface area contributed by atoms with E-state index in [1.54, 1.807) is 0 Å². The number of fused-ring (bicyclic) bond motifs is 1. The Kier molecular flexibility index (Phi) is 1.55. The molecule has 1 aromatic heterocycles. The first-order chi connectivity index (χ1) is 6.11. The van der Waals surface area contributed by atoms with Crippen molar-refractivity contribution < 1.29 is 0 Å². The normalized spacial score (nSPS) is 11.0. The maximum absolute atomic E-state index is 5.68. The molecule has 2 rings (SSSR count). The Hall–Kier alpha value is -1.51. The monoisotopic (exact) mass is 175 g/mol. The standard InChI is InChI=1S/C10H13N3/c1-6-4-5-9-10(7(6)2)8(3)13(11)12-9/h4-5H,11H2,1-3H3. The van der Waals surface area contributed by atoms with E-state index in [-0.39, 0.29) is 0 Å². The molecule has 0 bridgehead atoms. The van der Waals surface area contributed by atoms with Crippen molar-refractivity contribution in [3.05, 3.63) is 29.0 Å². The number of benzene rings is 1. The zero-order valence-electron chi connectivity index (χ0n) is 8.13. The van der Waals surface area contributed by atoms with Gasteiger partial charge in [0.05, 0.1) is 11.2 Å². The van der Waals surface area contributed by atoms with E-state index in [4.69, 9.17) is 5.84 Å². The fraction of sp³-hybridized carbons (Fsp3) is 0.300. The third-order valence-electron chi connectivity index (χ3n) is 2.63. The second kappa shape index (κ2) is 2.49. The molecular weight excluding hydrogens is 162 g/mol. The number of hydrogen-bond acceptors (Lipinski definition) is 2. The first-order valence-corrected chi connectivity index (χ1v) is 4.32. The SMILES string of the molecule is Cc1ccc2nn(N)c(C)c2c1C. The number of nitrogens with zero attached hydrogens (tertiary/aromatic N) is 2. The Morgan fingerprint density at radius 1 is 1.23 bits per heavy atom. The van der Waals surface area contributed by atoms with E-state index in [1.165, 1.54) is 21.3 Å². The number of aryl methyl sites for hydroxylation is 3. The third kappa shape index (κ3) is 1.00. The fourth-order valence-electron chi connectivity index (χ4n) is 1.65. The maximum Gasteiger partial charge on any atom is 0.0949 e. The minimum atomic E-state index is 0.975. The van der Waals surface area contributed by atoms with Crippen LogP contribution in [0.3, 0.4) is 0 Å². The van der Waals surface area contributed by atoms with Crippen LogP contribution in [-0.2, 0) is 0 Å². The van der Waals surface area contributed by atoms with Gasteiger partial charge in [-0.2, -0.15) is 9.89 Å². The van der Waals surface area contributed by atoms with E-state index >= 15 is 0 Å². The molecule has 0 fully saturated rings. The van der Waals surface area contributed by atoms with Gasteiger partial charge in [0.15, 0.2) is 0 Å². The van der Waals surface area contributed by atoms with E-state index < -0.39 is 0 Å². The molecule has 0 amide bonds. The Bertz CT molecular complexity index is 468. The minimum absolute atomic E-state index is 0.975. The van der Waals surface area contributed by atoms with Crippen LogP contribution in [0.2, 0.25) is 0 Å². The molecule has 0 saturated heterocycles. The molecule has 2 N–H and O–H groups in total. The average molecular weight is 175 g/mol. The van der Waals surface area contributed by atoms with Gasteiger partial charge >= 0.3 is 0 Å². The Balaban J connectivity index is 2.97. The zero-order chi connectivity index (χ0) is 9.59. The molecule has 0 aliphatic carbocycles. The molecule has 3 nitrogen and oxygen atoms in total. The van der Waals surface area contributed by atoms with Gasteiger partial charge in [-0.3, -0.25) is 0 Å². The summed E-state index contributed by atoms with van der Waals surface area (Å²) in [4.78, 5) is 1.44. The molecule has 68 valence electrons. The smallest absolute Gasteiger partial charge is 0.0949 e. The molecule has 0 saturated carbocycles. The maximum atomic E-state index is 5.68. The lowest BCUT2D eigenvalue weighted by Gasteiger charge is -2.00. The van der Waals surface area contributed by atoms with Crippen LogP contribution >= 0.6 is 0 Å². The van der Waals surface area contributed by atoms with E-state index in [1.807, 2.05) is 13.0 Å². The summed E-state index contributed by atoms with van der Waals surface area (Å²) >= 11 is 0. The number of hydrogen-bond donors (Lipinski definition) is 1. The van der Waals surface area contributed by atoms with Crippen LogP contribution in [0.5, 0.6) is 0 Å². The number of nitrogen functional groups attached to an aromatic ring is 1. The minimum Gasteiger partial charge on any atom is -0.323 e. The van der Waals surface area contributed by atoms with Crippen LogP contribution in [0.4, 0.5) is 0 Å². The quantitative estimate of drug-likeness (QED) is 0.619. The van der Waals surface area contributed by atoms with E-state index in [9.17, 15) is 0 Å². The van der Waals surface area contributed by atoms with Crippen LogP contribution in [0.15, 0.2) is 12.1 Å². The summed E-state index contributed by atoms with van der Waals surface area (Å²) in [5.41, 5.74) is 4.55. The van der Waals surface area contributed by atoms with Gasteiger partial charge in [0, 0.05) is 5.39 Å². The molecule has 0 aliphatic heterocycles. The highest BCUT2D eigenvalue weighted by atomic mass is 15.5. The van der Waals surface area contributed by atoms with E-state index in [0.29, 0.717) is 0 Å². The second-order valence-electron chi connectivity index (χ2n) is 3.43. The first kappa shape index (κ1) is 8.10. The summed E-state index contributed by atoms with van der Waals surface area (Å²) in [6, 6.07) is 4.08. The van der Waals surface area contributed by atoms with Crippen molar-refractivity contribution in [1.82, 2.24) is 9.89 Å². The molecular formula is C10H13N3. The first-order valence-electron chi connectivity index (χ1n) is 4.32. The molecule has 1 heterocycles. The lowest BCUT2D eigenvalue weighted by molar-refractivity contribution is 0.813. The van der Waals surface area contributed by atoms with Gasteiger partial charge in [0.25, 0.3) is 0 Å². The molecule has 0 atom stereocenters. The predicted molar refractivity (Wildman–Crippen MR) is 54.1 cm³/mol. The van der Waals surface area contributed by atoms with Crippen molar-refractivity contribution >= 4 is 10.9 Å². The molecule has 0 radical (unpaired) electrons. The van der Waals surface area contributed by atoms with Gasteiger partial charge in [-0.15, -0.1) is 0 Å². The second-order valence-corrected chi connectivity index (χ2v) is 3.43. The number of aromatic nitrogens is 2. The molecule has 0 spiro atoms. The number of nitrogens with two attached hydrogens (primary N) is 1. The molecule has 1 aromatic carbocycles. The fourth-order valence-corrected chi connectivity index (χ4v) is 1.65. The largest absolute Gasteiger partial charge is 0.323 e. The lowest BCUT2D eigenvalue weighted by atomic mass is 10.0. The van der Waals surface area contributed by atoms with Gasteiger partial charge in [0.1, 0.15) is 0 Å². The Morgan fingerprint density at radius 3 is 2.62 bits per heavy atom. The molecule has 2 aromatic rings. The van der Waals surface area contributed by atoms with Crippen LogP contribution in [0.25, 0.3) is 10.9 Å². The Labute approximate surface area is 77.1 Å². The summed E-state index contributed by atoms with van der Waals surface area (Å²) in [6.07, 6.45) is 0. The summed E-state index contributed by atoms with van der Waals surface area (Å²) in [5, 5.41) is 5.39. The summed E-state index contributed by atoms with van der Waals surface area (Å²) in [6.45, 7) is 6.19. The third-order valence-corrected chi connectivity index (χ3v) is 2.63. The van der Waals surface area contributed by atoms with E-state index in [0.717, 1.165) is 11.2 Å². The molecule has 0 unspecified atom stereocenters. The van der Waals surface area contributed by atoms with Gasteiger partial charge in [-0.25, -0.2) is 0 Å². The van der Waals surface area contributed by atoms with Crippen molar-refractivity contribution in [3.63, 3.8) is 0 Å². The highest BCUT2D eigenvalue weighted by Crippen LogP contribution is 2.22. The van der Waals surface area contributed by atoms with Crippen LogP contribution in [0, 0.1) is 20.8 Å². The van der Waals surface area contributed by atoms with Gasteiger partial charge in [0.2, 0.25) is 0 Å². The molecule has 13 heavy (non-hydrogen) atoms. The zero-order valence-corrected chi connectivity index (χ0v) is 8.13. The highest BCUT2D eigenvalue weighted by Gasteiger charge is 2.08. The van der Waals surface area contributed by atoms with Crippen LogP contribution < -0.4 is 5.84 Å². The topological polar surface area (TPSA) is 43.8 Å². The summed E-state index contributed by atoms with van der Waals surface area (Å²) < 4.78 is 0. The van der Waals surface area contributed by atoms with Gasteiger partial charge < -0.3 is 5.84 Å². The van der Waals surface area contributed by atoms with Crippen molar-refractivity contribution in [2.75, 3.05) is 5.84 Å². The number of rotatable bonds is 0. The van der Waals surface area contributed by atoms with Crippen LogP contribution in [0.1, 0.15) is 16.8 Å². The van der Waals surface area contributed by atoms with Crippen molar-refractivity contribution in [3.8, 4) is 0 Å². The highest BCUT2D eigenvalue weighted by molar-refractivity contribution is 5.85. The molecule has 0 aliphatic rings. The average Bonchev–Trinajstić information content (AvgIpc) is 2.37. The van der Waals surface area contributed by atoms with Crippen LogP contribution in [-0.4, -0.2) is 9.89 Å². The molecule has 3 heteroatoms. The van der Waals surface area contributed by atoms with Gasteiger partial charge in [-0.1, -0.05) is 6.07 Å². The van der Waals surface area contributed by atoms with Crippen molar-refractivity contribution in [2.24, 2.45) is 0 Å². The lowest BCUT2D eigenvalue weighted by Crippen LogP contribution is -2.11. The summed E-state index contributed by atoms with van der Waals surface area (Å²) in [5.74, 6) is 5.68.